The molecule has 0 radical (unpaired) electrons. The van der Waals surface area contributed by atoms with Crippen molar-refractivity contribution >= 4 is 5.91 Å². The first kappa shape index (κ1) is 12.7. The molecule has 90 valence electrons. The van der Waals surface area contributed by atoms with E-state index in [1.54, 1.807) is 13.1 Å². The Morgan fingerprint density at radius 2 is 2.44 bits per heavy atom. The summed E-state index contributed by atoms with van der Waals surface area (Å²) in [7, 11) is 0. The van der Waals surface area contributed by atoms with E-state index >= 15 is 0 Å². The predicted octanol–water partition coefficient (Wildman–Crippen LogP) is 0.550. The Morgan fingerprint density at radius 3 is 3.06 bits per heavy atom. The lowest BCUT2D eigenvalue weighted by atomic mass is 10.2. The van der Waals surface area contributed by atoms with Crippen LogP contribution in [0.15, 0.2) is 18.5 Å². The van der Waals surface area contributed by atoms with Gasteiger partial charge in [0.05, 0.1) is 6.10 Å². The molecule has 5 nitrogen and oxygen atoms in total. The van der Waals surface area contributed by atoms with Crippen molar-refractivity contribution < 1.29 is 9.90 Å². The molecule has 1 rings (SSSR count). The second kappa shape index (κ2) is 7.00. The maximum Gasteiger partial charge on any atom is 0.220 e. The summed E-state index contributed by atoms with van der Waals surface area (Å²) < 4.78 is 1.84. The van der Waals surface area contributed by atoms with Crippen molar-refractivity contribution in [2.75, 3.05) is 6.54 Å². The molecule has 1 aromatic heterocycles. The van der Waals surface area contributed by atoms with Gasteiger partial charge in [-0.25, -0.2) is 0 Å². The second-order valence-electron chi connectivity index (χ2n) is 3.86. The van der Waals surface area contributed by atoms with Crippen molar-refractivity contribution in [3.05, 3.63) is 18.5 Å². The first-order valence-electron chi connectivity index (χ1n) is 5.60. The molecule has 5 heteroatoms. The molecule has 16 heavy (non-hydrogen) atoms. The lowest BCUT2D eigenvalue weighted by Gasteiger charge is -2.06. The van der Waals surface area contributed by atoms with Crippen LogP contribution in [0.3, 0.4) is 0 Å². The van der Waals surface area contributed by atoms with E-state index in [1.165, 1.54) is 0 Å². The minimum absolute atomic E-state index is 0.00126. The lowest BCUT2D eigenvalue weighted by Crippen LogP contribution is -2.25. The number of hydrogen-bond acceptors (Lipinski definition) is 3. The average molecular weight is 225 g/mol. The standard InChI is InChI=1S/C11H19N3O2/c1-10(15)4-5-11(16)12-6-2-8-14-9-3-7-13-14/h3,7,9-10,15H,2,4-6,8H2,1H3,(H,12,16). The molecule has 0 aliphatic heterocycles. The molecule has 1 heterocycles. The highest BCUT2D eigenvalue weighted by molar-refractivity contribution is 5.75. The van der Waals surface area contributed by atoms with Crippen LogP contribution in [0, 0.1) is 0 Å². The van der Waals surface area contributed by atoms with E-state index in [0.29, 0.717) is 19.4 Å². The number of aliphatic hydroxyl groups is 1. The third-order valence-corrected chi connectivity index (χ3v) is 2.23. The van der Waals surface area contributed by atoms with Crippen LogP contribution < -0.4 is 5.32 Å². The van der Waals surface area contributed by atoms with Crippen LogP contribution in [0.1, 0.15) is 26.2 Å². The molecular weight excluding hydrogens is 206 g/mol. The summed E-state index contributed by atoms with van der Waals surface area (Å²) >= 11 is 0. The lowest BCUT2D eigenvalue weighted by molar-refractivity contribution is -0.121. The molecule has 0 aromatic carbocycles. The molecule has 0 spiro atoms. The normalized spacial score (nSPS) is 12.4. The van der Waals surface area contributed by atoms with Crippen LogP contribution in [-0.4, -0.2) is 33.4 Å². The number of aryl methyl sites for hydroxylation is 1. The van der Waals surface area contributed by atoms with Crippen LogP contribution in [-0.2, 0) is 11.3 Å². The number of carbonyl (C=O) groups is 1. The first-order chi connectivity index (χ1) is 7.68. The molecular formula is C11H19N3O2. The second-order valence-corrected chi connectivity index (χ2v) is 3.86. The van der Waals surface area contributed by atoms with Gasteiger partial charge in [-0.05, 0) is 25.8 Å². The number of aliphatic hydroxyl groups excluding tert-OH is 1. The van der Waals surface area contributed by atoms with Gasteiger partial charge >= 0.3 is 0 Å². The molecule has 0 bridgehead atoms. The summed E-state index contributed by atoms with van der Waals surface area (Å²) in [5, 5.41) is 15.9. The summed E-state index contributed by atoms with van der Waals surface area (Å²) in [5.74, 6) is 0.00126. The predicted molar refractivity (Wildman–Crippen MR) is 60.8 cm³/mol. The number of aromatic nitrogens is 2. The Hall–Kier alpha value is -1.36. The molecule has 0 aliphatic rings. The first-order valence-corrected chi connectivity index (χ1v) is 5.60. The number of amides is 1. The van der Waals surface area contributed by atoms with Gasteiger partial charge in [-0.1, -0.05) is 0 Å². The van der Waals surface area contributed by atoms with Crippen molar-refractivity contribution in [3.63, 3.8) is 0 Å². The van der Waals surface area contributed by atoms with E-state index in [2.05, 4.69) is 10.4 Å². The van der Waals surface area contributed by atoms with Crippen molar-refractivity contribution in [2.45, 2.75) is 38.8 Å². The summed E-state index contributed by atoms with van der Waals surface area (Å²) in [6, 6.07) is 1.88. The van der Waals surface area contributed by atoms with Crippen molar-refractivity contribution in [3.8, 4) is 0 Å². The molecule has 0 saturated carbocycles. The largest absolute Gasteiger partial charge is 0.393 e. The fraction of sp³-hybridized carbons (Fsp3) is 0.636. The van der Waals surface area contributed by atoms with Gasteiger partial charge in [-0.2, -0.15) is 5.10 Å². The number of hydrogen-bond donors (Lipinski definition) is 2. The van der Waals surface area contributed by atoms with E-state index in [-0.39, 0.29) is 5.91 Å². The Morgan fingerprint density at radius 1 is 1.62 bits per heavy atom. The minimum Gasteiger partial charge on any atom is -0.393 e. The van der Waals surface area contributed by atoms with E-state index in [0.717, 1.165) is 13.0 Å². The van der Waals surface area contributed by atoms with Crippen LogP contribution in [0.4, 0.5) is 0 Å². The van der Waals surface area contributed by atoms with Crippen molar-refractivity contribution in [1.29, 1.82) is 0 Å². The molecule has 0 saturated heterocycles. The SMILES string of the molecule is CC(O)CCC(=O)NCCCn1cccn1. The fourth-order valence-corrected chi connectivity index (χ4v) is 1.33. The number of rotatable bonds is 7. The number of carbonyl (C=O) groups excluding carboxylic acids is 1. The fourth-order valence-electron chi connectivity index (χ4n) is 1.33. The van der Waals surface area contributed by atoms with E-state index in [1.807, 2.05) is 16.9 Å². The van der Waals surface area contributed by atoms with E-state index in [4.69, 9.17) is 5.11 Å². The van der Waals surface area contributed by atoms with Gasteiger partial charge in [0.1, 0.15) is 0 Å². The van der Waals surface area contributed by atoms with Gasteiger partial charge in [-0.3, -0.25) is 9.48 Å². The maximum absolute atomic E-state index is 11.3. The molecule has 1 unspecified atom stereocenters. The highest BCUT2D eigenvalue weighted by atomic mass is 16.3. The average Bonchev–Trinajstić information content (AvgIpc) is 2.74. The van der Waals surface area contributed by atoms with E-state index < -0.39 is 6.10 Å². The Kier molecular flexibility index (Phi) is 5.56. The van der Waals surface area contributed by atoms with Crippen molar-refractivity contribution in [1.82, 2.24) is 15.1 Å². The summed E-state index contributed by atoms with van der Waals surface area (Å²) in [6.45, 7) is 3.15. The highest BCUT2D eigenvalue weighted by Gasteiger charge is 2.03. The molecule has 1 aromatic rings. The van der Waals surface area contributed by atoms with Gasteiger partial charge in [-0.15, -0.1) is 0 Å². The van der Waals surface area contributed by atoms with Crippen LogP contribution >= 0.6 is 0 Å². The van der Waals surface area contributed by atoms with Gasteiger partial charge in [0.25, 0.3) is 0 Å². The third-order valence-electron chi connectivity index (χ3n) is 2.23. The van der Waals surface area contributed by atoms with Gasteiger partial charge in [0.2, 0.25) is 5.91 Å². The quantitative estimate of drug-likeness (QED) is 0.666. The van der Waals surface area contributed by atoms with Gasteiger partial charge < -0.3 is 10.4 Å². The zero-order chi connectivity index (χ0) is 11.8. The van der Waals surface area contributed by atoms with Gasteiger partial charge in [0, 0.05) is 31.9 Å². The highest BCUT2D eigenvalue weighted by Crippen LogP contribution is 1.95. The monoisotopic (exact) mass is 225 g/mol. The topological polar surface area (TPSA) is 67.2 Å². The molecule has 1 atom stereocenters. The number of nitrogens with one attached hydrogen (secondary N) is 1. The minimum atomic E-state index is -0.408. The number of nitrogens with zero attached hydrogens (tertiary/aromatic N) is 2. The molecule has 2 N–H and O–H groups in total. The van der Waals surface area contributed by atoms with E-state index in [9.17, 15) is 4.79 Å². The summed E-state index contributed by atoms with van der Waals surface area (Å²) in [4.78, 5) is 11.3. The van der Waals surface area contributed by atoms with Gasteiger partial charge in [0.15, 0.2) is 0 Å². The van der Waals surface area contributed by atoms with Crippen LogP contribution in [0.5, 0.6) is 0 Å². The Bertz CT molecular complexity index is 296. The zero-order valence-corrected chi connectivity index (χ0v) is 9.59. The smallest absolute Gasteiger partial charge is 0.220 e. The van der Waals surface area contributed by atoms with Crippen LogP contribution in [0.25, 0.3) is 0 Å². The summed E-state index contributed by atoms with van der Waals surface area (Å²) in [6.07, 6.45) is 5.00. The molecule has 0 aliphatic carbocycles. The Labute approximate surface area is 95.5 Å². The summed E-state index contributed by atoms with van der Waals surface area (Å²) in [5.41, 5.74) is 0. The van der Waals surface area contributed by atoms with Crippen molar-refractivity contribution in [2.24, 2.45) is 0 Å². The maximum atomic E-state index is 11.3. The zero-order valence-electron chi connectivity index (χ0n) is 9.59. The molecule has 1 amide bonds. The van der Waals surface area contributed by atoms with Crippen LogP contribution in [0.2, 0.25) is 0 Å². The molecule has 0 fully saturated rings. The third kappa shape index (κ3) is 5.50. The Balaban J connectivity index is 2.00.